The largest absolute Gasteiger partial charge is 0.488 e. The Bertz CT molecular complexity index is 629. The molecule has 5 heteroatoms. The van der Waals surface area contributed by atoms with Gasteiger partial charge in [0.15, 0.2) is 0 Å². The molecule has 0 aliphatic heterocycles. The molecule has 1 fully saturated rings. The van der Waals surface area contributed by atoms with E-state index >= 15 is 0 Å². The number of aliphatic hydroxyl groups is 1. The number of ether oxygens (including phenoxy) is 1. The van der Waals surface area contributed by atoms with Crippen LogP contribution in [0.2, 0.25) is 0 Å². The van der Waals surface area contributed by atoms with Crippen molar-refractivity contribution in [1.29, 1.82) is 0 Å². The molecule has 3 atom stereocenters. The summed E-state index contributed by atoms with van der Waals surface area (Å²) < 4.78 is 8.19. The molecule has 1 aliphatic carbocycles. The maximum absolute atomic E-state index is 10.7. The molecule has 2 aromatic rings. The number of nitrogens with one attached hydrogen (secondary N) is 1. The molecule has 0 saturated heterocycles. The van der Waals surface area contributed by atoms with Gasteiger partial charge in [-0.25, -0.2) is 4.98 Å². The molecular formula is C20H29N3O2. The Hall–Kier alpha value is -1.85. The van der Waals surface area contributed by atoms with E-state index in [0.29, 0.717) is 0 Å². The lowest BCUT2D eigenvalue weighted by Gasteiger charge is -2.35. The van der Waals surface area contributed by atoms with Crippen molar-refractivity contribution in [3.05, 3.63) is 48.5 Å². The average molecular weight is 343 g/mol. The predicted molar refractivity (Wildman–Crippen MR) is 98.4 cm³/mol. The van der Waals surface area contributed by atoms with Gasteiger partial charge in [-0.2, -0.15) is 0 Å². The van der Waals surface area contributed by atoms with Crippen LogP contribution in [0.25, 0.3) is 0 Å². The number of hydrogen-bond acceptors (Lipinski definition) is 4. The number of para-hydroxylation sites is 1. The number of nitrogens with zero attached hydrogens (tertiary/aromatic N) is 2. The molecule has 5 nitrogen and oxygen atoms in total. The molecule has 2 N–H and O–H groups in total. The minimum atomic E-state index is -0.433. The first kappa shape index (κ1) is 18.0. The monoisotopic (exact) mass is 343 g/mol. The second-order valence-corrected chi connectivity index (χ2v) is 6.82. The van der Waals surface area contributed by atoms with E-state index in [0.717, 1.165) is 56.9 Å². The Morgan fingerprint density at radius 1 is 1.28 bits per heavy atom. The quantitative estimate of drug-likeness (QED) is 0.774. The van der Waals surface area contributed by atoms with Gasteiger partial charge < -0.3 is 19.7 Å². The van der Waals surface area contributed by atoms with E-state index in [1.54, 1.807) is 0 Å². The molecule has 1 aliphatic rings. The number of aliphatic hydroxyl groups excluding tert-OH is 1. The number of benzene rings is 1. The van der Waals surface area contributed by atoms with Crippen molar-refractivity contribution in [2.45, 2.75) is 57.9 Å². The highest BCUT2D eigenvalue weighted by molar-refractivity contribution is 5.21. The minimum Gasteiger partial charge on any atom is -0.488 e. The molecule has 1 saturated carbocycles. The standard InChI is InChI=1S/C20H29N3O2/c1-2-12-23-13-11-22-19(23)15-21-14-16-7-6-10-18(20(16)24)25-17-8-4-3-5-9-17/h3-5,8-9,11,13,16,18,20-21,24H,2,6-7,10,12,14-15H2,1H3/t16-,18-,20-/m1/s1. The highest BCUT2D eigenvalue weighted by Gasteiger charge is 2.33. The zero-order chi connectivity index (χ0) is 17.5. The lowest BCUT2D eigenvalue weighted by atomic mass is 9.84. The maximum Gasteiger partial charge on any atom is 0.125 e. The van der Waals surface area contributed by atoms with Gasteiger partial charge in [0.25, 0.3) is 0 Å². The van der Waals surface area contributed by atoms with Crippen LogP contribution in [0.3, 0.4) is 0 Å². The van der Waals surface area contributed by atoms with E-state index in [9.17, 15) is 5.11 Å². The van der Waals surface area contributed by atoms with Gasteiger partial charge in [0.05, 0.1) is 12.6 Å². The summed E-state index contributed by atoms with van der Waals surface area (Å²) in [5.41, 5.74) is 0. The van der Waals surface area contributed by atoms with E-state index < -0.39 is 6.10 Å². The van der Waals surface area contributed by atoms with Crippen LogP contribution in [0, 0.1) is 5.92 Å². The molecular weight excluding hydrogens is 314 g/mol. The molecule has 25 heavy (non-hydrogen) atoms. The summed E-state index contributed by atoms with van der Waals surface area (Å²) in [7, 11) is 0. The van der Waals surface area contributed by atoms with Gasteiger partial charge in [-0.1, -0.05) is 25.1 Å². The summed E-state index contributed by atoms with van der Waals surface area (Å²) in [6, 6.07) is 9.79. The highest BCUT2D eigenvalue weighted by atomic mass is 16.5. The molecule has 0 bridgehead atoms. The van der Waals surface area contributed by atoms with Gasteiger partial charge in [0, 0.05) is 31.4 Å². The third kappa shape index (κ3) is 4.83. The fourth-order valence-electron chi connectivity index (χ4n) is 3.57. The Labute approximate surface area is 150 Å². The van der Waals surface area contributed by atoms with Gasteiger partial charge in [0.2, 0.25) is 0 Å². The van der Waals surface area contributed by atoms with Crippen molar-refractivity contribution in [2.24, 2.45) is 5.92 Å². The second-order valence-electron chi connectivity index (χ2n) is 6.82. The SMILES string of the molecule is CCCn1ccnc1CNC[C@H]1CCC[C@@H](Oc2ccccc2)[C@@H]1O. The van der Waals surface area contributed by atoms with Crippen LogP contribution in [-0.2, 0) is 13.1 Å². The van der Waals surface area contributed by atoms with Gasteiger partial charge >= 0.3 is 0 Å². The van der Waals surface area contributed by atoms with E-state index in [1.165, 1.54) is 0 Å². The summed E-state index contributed by atoms with van der Waals surface area (Å²) >= 11 is 0. The first-order valence-electron chi connectivity index (χ1n) is 9.38. The molecule has 1 heterocycles. The van der Waals surface area contributed by atoms with Crippen LogP contribution in [0.4, 0.5) is 0 Å². The summed E-state index contributed by atoms with van der Waals surface area (Å²) in [5.74, 6) is 2.11. The van der Waals surface area contributed by atoms with Gasteiger partial charge in [-0.3, -0.25) is 0 Å². The summed E-state index contributed by atoms with van der Waals surface area (Å²) in [5, 5.41) is 14.2. The fourth-order valence-corrected chi connectivity index (χ4v) is 3.57. The Morgan fingerprint density at radius 3 is 2.92 bits per heavy atom. The Kier molecular flexibility index (Phi) is 6.48. The molecule has 0 radical (unpaired) electrons. The third-order valence-corrected chi connectivity index (χ3v) is 4.91. The van der Waals surface area contributed by atoms with E-state index in [1.807, 2.05) is 42.7 Å². The van der Waals surface area contributed by atoms with Crippen LogP contribution < -0.4 is 10.1 Å². The number of aromatic nitrogens is 2. The van der Waals surface area contributed by atoms with Crippen molar-refractivity contribution >= 4 is 0 Å². The normalized spacial score (nSPS) is 23.5. The number of aryl methyl sites for hydroxylation is 1. The number of rotatable bonds is 8. The molecule has 0 unspecified atom stereocenters. The number of hydrogen-bond donors (Lipinski definition) is 2. The zero-order valence-corrected chi connectivity index (χ0v) is 15.0. The van der Waals surface area contributed by atoms with Crippen LogP contribution in [-0.4, -0.2) is 33.4 Å². The van der Waals surface area contributed by atoms with Crippen molar-refractivity contribution in [2.75, 3.05) is 6.54 Å². The zero-order valence-electron chi connectivity index (χ0n) is 15.0. The van der Waals surface area contributed by atoms with Crippen LogP contribution in [0.15, 0.2) is 42.7 Å². The first-order chi connectivity index (χ1) is 12.3. The first-order valence-corrected chi connectivity index (χ1v) is 9.38. The molecule has 3 rings (SSSR count). The number of imidazole rings is 1. The van der Waals surface area contributed by atoms with Gasteiger partial charge in [0.1, 0.15) is 17.7 Å². The molecule has 0 spiro atoms. The van der Waals surface area contributed by atoms with E-state index in [4.69, 9.17) is 4.74 Å². The van der Waals surface area contributed by atoms with Crippen LogP contribution >= 0.6 is 0 Å². The molecule has 1 aromatic carbocycles. The topological polar surface area (TPSA) is 59.3 Å². The van der Waals surface area contributed by atoms with Gasteiger partial charge in [-0.15, -0.1) is 0 Å². The smallest absolute Gasteiger partial charge is 0.125 e. The molecule has 136 valence electrons. The van der Waals surface area contributed by atoms with E-state index in [-0.39, 0.29) is 12.0 Å². The van der Waals surface area contributed by atoms with Crippen molar-refractivity contribution in [1.82, 2.24) is 14.9 Å². The Morgan fingerprint density at radius 2 is 2.12 bits per heavy atom. The van der Waals surface area contributed by atoms with Crippen LogP contribution in [0.5, 0.6) is 5.75 Å². The minimum absolute atomic E-state index is 0.120. The average Bonchev–Trinajstić information content (AvgIpc) is 3.07. The third-order valence-electron chi connectivity index (χ3n) is 4.91. The summed E-state index contributed by atoms with van der Waals surface area (Å²) in [6.07, 6.45) is 7.46. The lowest BCUT2D eigenvalue weighted by molar-refractivity contribution is -0.0306. The van der Waals surface area contributed by atoms with Crippen molar-refractivity contribution < 1.29 is 9.84 Å². The van der Waals surface area contributed by atoms with Gasteiger partial charge in [-0.05, 0) is 37.8 Å². The molecule has 0 amide bonds. The second kappa shape index (κ2) is 9.02. The highest BCUT2D eigenvalue weighted by Crippen LogP contribution is 2.28. The maximum atomic E-state index is 10.7. The molecule has 1 aromatic heterocycles. The van der Waals surface area contributed by atoms with E-state index in [2.05, 4.69) is 21.8 Å². The fraction of sp³-hybridized carbons (Fsp3) is 0.550. The predicted octanol–water partition coefficient (Wildman–Crippen LogP) is 2.99. The summed E-state index contributed by atoms with van der Waals surface area (Å²) in [6.45, 7) is 4.69. The van der Waals surface area contributed by atoms with Crippen LogP contribution in [0.1, 0.15) is 38.4 Å². The van der Waals surface area contributed by atoms with Crippen molar-refractivity contribution in [3.8, 4) is 5.75 Å². The summed E-state index contributed by atoms with van der Waals surface area (Å²) in [4.78, 5) is 4.42. The Balaban J connectivity index is 1.49. The van der Waals surface area contributed by atoms with Crippen molar-refractivity contribution in [3.63, 3.8) is 0 Å². The lowest BCUT2D eigenvalue weighted by Crippen LogP contribution is -2.45.